The predicted octanol–water partition coefficient (Wildman–Crippen LogP) is 2.16. The van der Waals surface area contributed by atoms with Crippen molar-refractivity contribution >= 4 is 23.5 Å². The summed E-state index contributed by atoms with van der Waals surface area (Å²) in [6.07, 6.45) is 0. The van der Waals surface area contributed by atoms with Gasteiger partial charge in [-0.25, -0.2) is 0 Å². The zero-order valence-electron chi connectivity index (χ0n) is 5.70. The van der Waals surface area contributed by atoms with Crippen LogP contribution < -0.4 is 0 Å². The van der Waals surface area contributed by atoms with Gasteiger partial charge in [0.05, 0.1) is 4.90 Å². The normalized spacial score (nSPS) is 10.6. The van der Waals surface area contributed by atoms with E-state index in [0.717, 1.165) is 10.9 Å². The highest BCUT2D eigenvalue weighted by molar-refractivity contribution is 7.80. The molecule has 0 saturated carbocycles. The van der Waals surface area contributed by atoms with Crippen molar-refractivity contribution in [1.82, 2.24) is 4.98 Å². The molecule has 0 fully saturated rings. The lowest BCUT2D eigenvalue weighted by Crippen LogP contribution is -1.63. The Hall–Kier alpha value is -1.09. The molecular weight excluding hydrogens is 158 g/mol. The number of aromatic hydroxyl groups is 1. The maximum absolute atomic E-state index is 9.21. The third kappa shape index (κ3) is 0.886. The maximum atomic E-state index is 9.21. The molecular formula is C8H7NOS. The summed E-state index contributed by atoms with van der Waals surface area (Å²) in [6, 6.07) is 7.63. The monoisotopic (exact) mass is 165 g/mol. The summed E-state index contributed by atoms with van der Waals surface area (Å²) in [7, 11) is 0. The molecule has 0 radical (unpaired) electrons. The van der Waals surface area contributed by atoms with Gasteiger partial charge in [-0.3, -0.25) is 0 Å². The highest BCUT2D eigenvalue weighted by atomic mass is 32.1. The Bertz CT molecular complexity index is 394. The summed E-state index contributed by atoms with van der Waals surface area (Å²) in [5.74, 6) is 0.134. The fourth-order valence-corrected chi connectivity index (χ4v) is 1.36. The molecule has 1 aromatic carbocycles. The fraction of sp³-hybridized carbons (Fsp3) is 0. The van der Waals surface area contributed by atoms with Crippen LogP contribution >= 0.6 is 12.6 Å². The van der Waals surface area contributed by atoms with Crippen LogP contribution in [0, 0.1) is 0 Å². The zero-order chi connectivity index (χ0) is 7.84. The van der Waals surface area contributed by atoms with E-state index < -0.39 is 0 Å². The van der Waals surface area contributed by atoms with Crippen LogP contribution in [0.25, 0.3) is 10.9 Å². The van der Waals surface area contributed by atoms with Crippen molar-refractivity contribution < 1.29 is 5.11 Å². The molecule has 0 aliphatic carbocycles. The molecule has 2 N–H and O–H groups in total. The smallest absolute Gasteiger partial charge is 0.203 e. The molecule has 0 atom stereocenters. The second kappa shape index (κ2) is 2.20. The Kier molecular flexibility index (Phi) is 1.32. The van der Waals surface area contributed by atoms with Gasteiger partial charge in [0.15, 0.2) is 0 Å². The number of rotatable bonds is 0. The van der Waals surface area contributed by atoms with Crippen molar-refractivity contribution in [3.63, 3.8) is 0 Å². The summed E-state index contributed by atoms with van der Waals surface area (Å²) < 4.78 is 0. The van der Waals surface area contributed by atoms with Gasteiger partial charge in [0.25, 0.3) is 0 Å². The van der Waals surface area contributed by atoms with E-state index in [1.165, 1.54) is 0 Å². The average molecular weight is 165 g/mol. The molecule has 0 aliphatic heterocycles. The molecule has 11 heavy (non-hydrogen) atoms. The third-order valence-electron chi connectivity index (χ3n) is 1.66. The van der Waals surface area contributed by atoms with Crippen molar-refractivity contribution in [3.8, 4) is 5.88 Å². The SMILES string of the molecule is Oc1[nH]c2ccccc2c1S. The van der Waals surface area contributed by atoms with Gasteiger partial charge in [-0.1, -0.05) is 18.2 Å². The van der Waals surface area contributed by atoms with E-state index in [1.807, 2.05) is 24.3 Å². The molecule has 3 heteroatoms. The lowest BCUT2D eigenvalue weighted by molar-refractivity contribution is 0.447. The number of para-hydroxylation sites is 1. The van der Waals surface area contributed by atoms with Crippen LogP contribution in [-0.2, 0) is 0 Å². The topological polar surface area (TPSA) is 36.0 Å². The number of aromatic amines is 1. The van der Waals surface area contributed by atoms with Crippen LogP contribution in [0.4, 0.5) is 0 Å². The van der Waals surface area contributed by atoms with E-state index in [2.05, 4.69) is 17.6 Å². The third-order valence-corrected chi connectivity index (χ3v) is 2.11. The van der Waals surface area contributed by atoms with E-state index >= 15 is 0 Å². The Morgan fingerprint density at radius 3 is 2.73 bits per heavy atom. The van der Waals surface area contributed by atoms with Gasteiger partial charge in [-0.05, 0) is 6.07 Å². The van der Waals surface area contributed by atoms with Gasteiger partial charge in [-0.2, -0.15) is 0 Å². The molecule has 0 aliphatic rings. The maximum Gasteiger partial charge on any atom is 0.203 e. The second-order valence-electron chi connectivity index (χ2n) is 2.37. The van der Waals surface area contributed by atoms with E-state index in [4.69, 9.17) is 0 Å². The first-order chi connectivity index (χ1) is 5.29. The van der Waals surface area contributed by atoms with Gasteiger partial charge in [0.1, 0.15) is 0 Å². The summed E-state index contributed by atoms with van der Waals surface area (Å²) >= 11 is 4.13. The molecule has 2 rings (SSSR count). The summed E-state index contributed by atoms with van der Waals surface area (Å²) in [5, 5.41) is 10.2. The minimum atomic E-state index is 0.134. The van der Waals surface area contributed by atoms with Crippen LogP contribution in [0.2, 0.25) is 0 Å². The number of hydrogen-bond acceptors (Lipinski definition) is 2. The summed E-state index contributed by atoms with van der Waals surface area (Å²) in [4.78, 5) is 3.42. The van der Waals surface area contributed by atoms with Crippen molar-refractivity contribution in [2.45, 2.75) is 4.90 Å². The first-order valence-corrected chi connectivity index (χ1v) is 3.72. The lowest BCUT2D eigenvalue weighted by atomic mass is 10.2. The van der Waals surface area contributed by atoms with Crippen LogP contribution in [0.1, 0.15) is 0 Å². The first-order valence-electron chi connectivity index (χ1n) is 3.27. The van der Waals surface area contributed by atoms with E-state index in [-0.39, 0.29) is 5.88 Å². The van der Waals surface area contributed by atoms with Gasteiger partial charge >= 0.3 is 0 Å². The first kappa shape index (κ1) is 6.61. The van der Waals surface area contributed by atoms with Crippen LogP contribution in [0.3, 0.4) is 0 Å². The molecule has 0 amide bonds. The van der Waals surface area contributed by atoms with E-state index in [0.29, 0.717) is 4.90 Å². The van der Waals surface area contributed by atoms with Gasteiger partial charge in [0.2, 0.25) is 5.88 Å². The van der Waals surface area contributed by atoms with Gasteiger partial charge in [-0.15, -0.1) is 12.6 Å². The van der Waals surface area contributed by atoms with Crippen LogP contribution in [0.5, 0.6) is 5.88 Å². The molecule has 0 unspecified atom stereocenters. The molecule has 0 spiro atoms. The second-order valence-corrected chi connectivity index (χ2v) is 2.82. The number of hydrogen-bond donors (Lipinski definition) is 3. The number of nitrogens with one attached hydrogen (secondary N) is 1. The van der Waals surface area contributed by atoms with E-state index in [9.17, 15) is 5.11 Å². The molecule has 0 bridgehead atoms. The minimum Gasteiger partial charge on any atom is -0.494 e. The Labute approximate surface area is 69.3 Å². The van der Waals surface area contributed by atoms with Gasteiger partial charge in [0, 0.05) is 10.9 Å². The Morgan fingerprint density at radius 1 is 1.27 bits per heavy atom. The largest absolute Gasteiger partial charge is 0.494 e. The van der Waals surface area contributed by atoms with Crippen molar-refractivity contribution in [2.75, 3.05) is 0 Å². The minimum absolute atomic E-state index is 0.134. The van der Waals surface area contributed by atoms with E-state index in [1.54, 1.807) is 0 Å². The number of benzene rings is 1. The highest BCUT2D eigenvalue weighted by Crippen LogP contribution is 2.29. The van der Waals surface area contributed by atoms with Crippen LogP contribution in [0.15, 0.2) is 29.2 Å². The zero-order valence-corrected chi connectivity index (χ0v) is 6.60. The Balaban J connectivity index is 2.92. The standard InChI is InChI=1S/C8H7NOS/c10-8-7(11)5-3-1-2-4-6(5)9-8/h1-4,9-11H. The molecule has 1 heterocycles. The number of aromatic nitrogens is 1. The van der Waals surface area contributed by atoms with Crippen molar-refractivity contribution in [2.24, 2.45) is 0 Å². The lowest BCUT2D eigenvalue weighted by Gasteiger charge is -1.86. The molecule has 56 valence electrons. The molecule has 2 aromatic rings. The van der Waals surface area contributed by atoms with Crippen molar-refractivity contribution in [3.05, 3.63) is 24.3 Å². The number of thiol groups is 1. The number of fused-ring (bicyclic) bond motifs is 1. The Morgan fingerprint density at radius 2 is 2.00 bits per heavy atom. The average Bonchev–Trinajstić information content (AvgIpc) is 2.30. The fourth-order valence-electron chi connectivity index (χ4n) is 1.11. The van der Waals surface area contributed by atoms with Gasteiger partial charge < -0.3 is 10.1 Å². The molecule has 1 aromatic heterocycles. The quantitative estimate of drug-likeness (QED) is 0.514. The predicted molar refractivity (Wildman–Crippen MR) is 47.2 cm³/mol. The summed E-state index contributed by atoms with van der Waals surface area (Å²) in [5.41, 5.74) is 0.912. The molecule has 0 saturated heterocycles. The highest BCUT2D eigenvalue weighted by Gasteiger charge is 2.04. The molecule has 2 nitrogen and oxygen atoms in total. The van der Waals surface area contributed by atoms with Crippen LogP contribution in [-0.4, -0.2) is 10.1 Å². The van der Waals surface area contributed by atoms with Crippen molar-refractivity contribution in [1.29, 1.82) is 0 Å². The summed E-state index contributed by atoms with van der Waals surface area (Å²) in [6.45, 7) is 0. The number of H-pyrrole nitrogens is 1.